The van der Waals surface area contributed by atoms with E-state index < -0.39 is 0 Å². The van der Waals surface area contributed by atoms with Gasteiger partial charge in [0.15, 0.2) is 0 Å². The Morgan fingerprint density at radius 1 is 1.32 bits per heavy atom. The van der Waals surface area contributed by atoms with Gasteiger partial charge in [0.05, 0.1) is 24.9 Å². The minimum Gasteiger partial charge on any atom is -0.350 e. The number of benzene rings is 1. The van der Waals surface area contributed by atoms with E-state index in [0.29, 0.717) is 13.0 Å². The highest BCUT2D eigenvalue weighted by atomic mass is 32.2. The van der Waals surface area contributed by atoms with Crippen LogP contribution in [-0.2, 0) is 17.8 Å². The molecule has 1 heterocycles. The number of rotatable bonds is 5. The monoisotopic (exact) mass is 273 g/mol. The molecule has 0 bridgehead atoms. The Kier molecular flexibility index (Phi) is 4.92. The standard InChI is InChI=1S/C14H15N3OS/c1-19-13-5-3-2-4-11(13)8-14(18)17-10-12-9-15-6-7-16-12/h2-7,9H,8,10H2,1H3,(H,17,18). The van der Waals surface area contributed by atoms with Crippen LogP contribution in [0.25, 0.3) is 0 Å². The minimum absolute atomic E-state index is 0.00727. The zero-order valence-corrected chi connectivity index (χ0v) is 11.5. The van der Waals surface area contributed by atoms with Gasteiger partial charge in [-0.3, -0.25) is 14.8 Å². The molecular weight excluding hydrogens is 258 g/mol. The Bertz CT molecular complexity index is 545. The Balaban J connectivity index is 1.91. The van der Waals surface area contributed by atoms with Crippen LogP contribution in [0.15, 0.2) is 47.8 Å². The lowest BCUT2D eigenvalue weighted by molar-refractivity contribution is -0.120. The Hall–Kier alpha value is -1.88. The number of nitrogens with zero attached hydrogens (tertiary/aromatic N) is 2. The van der Waals surface area contributed by atoms with Crippen LogP contribution in [0.4, 0.5) is 0 Å². The number of carbonyl (C=O) groups excluding carboxylic acids is 1. The summed E-state index contributed by atoms with van der Waals surface area (Å²) in [7, 11) is 0. The van der Waals surface area contributed by atoms with Crippen LogP contribution < -0.4 is 5.32 Å². The van der Waals surface area contributed by atoms with E-state index in [2.05, 4.69) is 15.3 Å². The van der Waals surface area contributed by atoms with Crippen LogP contribution >= 0.6 is 11.8 Å². The van der Waals surface area contributed by atoms with E-state index in [1.807, 2.05) is 30.5 Å². The highest BCUT2D eigenvalue weighted by molar-refractivity contribution is 7.98. The number of hydrogen-bond acceptors (Lipinski definition) is 4. The molecule has 4 nitrogen and oxygen atoms in total. The van der Waals surface area contributed by atoms with Crippen LogP contribution in [-0.4, -0.2) is 22.1 Å². The third kappa shape index (κ3) is 4.06. The lowest BCUT2D eigenvalue weighted by atomic mass is 10.1. The smallest absolute Gasteiger partial charge is 0.224 e. The van der Waals surface area contributed by atoms with Crippen molar-refractivity contribution in [3.63, 3.8) is 0 Å². The summed E-state index contributed by atoms with van der Waals surface area (Å²) in [5.41, 5.74) is 1.81. The quantitative estimate of drug-likeness (QED) is 0.847. The molecule has 0 aliphatic carbocycles. The summed E-state index contributed by atoms with van der Waals surface area (Å²) in [4.78, 5) is 21.1. The predicted octanol–water partition coefficient (Wildman–Crippen LogP) is 2.06. The van der Waals surface area contributed by atoms with Crippen molar-refractivity contribution in [3.8, 4) is 0 Å². The molecule has 0 spiro atoms. The summed E-state index contributed by atoms with van der Waals surface area (Å²) in [5.74, 6) is -0.00727. The van der Waals surface area contributed by atoms with Gasteiger partial charge in [-0.1, -0.05) is 18.2 Å². The maximum Gasteiger partial charge on any atom is 0.224 e. The zero-order chi connectivity index (χ0) is 13.5. The first-order chi connectivity index (χ1) is 9.29. The molecule has 0 unspecified atom stereocenters. The van der Waals surface area contributed by atoms with Crippen molar-refractivity contribution in [2.45, 2.75) is 17.9 Å². The molecule has 98 valence electrons. The van der Waals surface area contributed by atoms with E-state index in [0.717, 1.165) is 16.2 Å². The predicted molar refractivity (Wildman–Crippen MR) is 75.8 cm³/mol. The van der Waals surface area contributed by atoms with Crippen molar-refractivity contribution >= 4 is 17.7 Å². The third-order valence-corrected chi connectivity index (χ3v) is 3.46. The topological polar surface area (TPSA) is 54.9 Å². The molecule has 1 aromatic carbocycles. The van der Waals surface area contributed by atoms with Gasteiger partial charge < -0.3 is 5.32 Å². The molecule has 0 aliphatic rings. The summed E-state index contributed by atoms with van der Waals surface area (Å²) < 4.78 is 0. The second kappa shape index (κ2) is 6.89. The van der Waals surface area contributed by atoms with Crippen LogP contribution in [0, 0.1) is 0 Å². The van der Waals surface area contributed by atoms with Crippen molar-refractivity contribution in [1.29, 1.82) is 0 Å². The molecule has 2 rings (SSSR count). The molecule has 0 atom stereocenters. The minimum atomic E-state index is -0.00727. The van der Waals surface area contributed by atoms with Crippen molar-refractivity contribution in [2.24, 2.45) is 0 Å². The van der Waals surface area contributed by atoms with Gasteiger partial charge in [0.2, 0.25) is 5.91 Å². The van der Waals surface area contributed by atoms with Crippen molar-refractivity contribution in [1.82, 2.24) is 15.3 Å². The van der Waals surface area contributed by atoms with Gasteiger partial charge in [-0.2, -0.15) is 0 Å². The molecule has 0 radical (unpaired) electrons. The first kappa shape index (κ1) is 13.5. The van der Waals surface area contributed by atoms with Crippen molar-refractivity contribution in [3.05, 3.63) is 54.1 Å². The number of aromatic nitrogens is 2. The highest BCUT2D eigenvalue weighted by Crippen LogP contribution is 2.20. The van der Waals surface area contributed by atoms with E-state index in [1.54, 1.807) is 30.4 Å². The van der Waals surface area contributed by atoms with Crippen LogP contribution in [0.3, 0.4) is 0 Å². The molecule has 0 aliphatic heterocycles. The number of carbonyl (C=O) groups is 1. The van der Waals surface area contributed by atoms with Gasteiger partial charge in [0.1, 0.15) is 0 Å². The largest absolute Gasteiger partial charge is 0.350 e. The van der Waals surface area contributed by atoms with Gasteiger partial charge >= 0.3 is 0 Å². The Labute approximate surface area is 116 Å². The van der Waals surface area contributed by atoms with Crippen molar-refractivity contribution in [2.75, 3.05) is 6.26 Å². The number of amides is 1. The molecule has 19 heavy (non-hydrogen) atoms. The van der Waals surface area contributed by atoms with Gasteiger partial charge in [-0.15, -0.1) is 11.8 Å². The third-order valence-electron chi connectivity index (χ3n) is 2.63. The summed E-state index contributed by atoms with van der Waals surface area (Å²) in [6.45, 7) is 0.411. The Morgan fingerprint density at radius 2 is 2.16 bits per heavy atom. The molecule has 1 amide bonds. The fourth-order valence-corrected chi connectivity index (χ4v) is 2.31. The molecule has 5 heteroatoms. The fourth-order valence-electron chi connectivity index (χ4n) is 1.69. The fraction of sp³-hybridized carbons (Fsp3) is 0.214. The lowest BCUT2D eigenvalue weighted by Gasteiger charge is -2.07. The lowest BCUT2D eigenvalue weighted by Crippen LogP contribution is -2.25. The van der Waals surface area contributed by atoms with E-state index in [1.165, 1.54) is 0 Å². The van der Waals surface area contributed by atoms with Crippen LogP contribution in [0.2, 0.25) is 0 Å². The van der Waals surface area contributed by atoms with E-state index >= 15 is 0 Å². The molecule has 0 saturated heterocycles. The second-order valence-electron chi connectivity index (χ2n) is 3.96. The summed E-state index contributed by atoms with van der Waals surface area (Å²) in [6, 6.07) is 7.93. The maximum atomic E-state index is 11.9. The zero-order valence-electron chi connectivity index (χ0n) is 10.7. The average molecular weight is 273 g/mol. The molecule has 1 N–H and O–H groups in total. The summed E-state index contributed by atoms with van der Waals surface area (Å²) >= 11 is 1.65. The Morgan fingerprint density at radius 3 is 2.89 bits per heavy atom. The number of thioether (sulfide) groups is 1. The molecule has 0 fully saturated rings. The normalized spacial score (nSPS) is 10.2. The number of hydrogen-bond donors (Lipinski definition) is 1. The van der Waals surface area contributed by atoms with Crippen LogP contribution in [0.5, 0.6) is 0 Å². The molecule has 0 saturated carbocycles. The van der Waals surface area contributed by atoms with E-state index in [4.69, 9.17) is 0 Å². The highest BCUT2D eigenvalue weighted by Gasteiger charge is 2.07. The van der Waals surface area contributed by atoms with Crippen molar-refractivity contribution < 1.29 is 4.79 Å². The van der Waals surface area contributed by atoms with Crippen LogP contribution in [0.1, 0.15) is 11.3 Å². The average Bonchev–Trinajstić information content (AvgIpc) is 2.47. The summed E-state index contributed by atoms with van der Waals surface area (Å²) in [5, 5.41) is 2.85. The molecular formula is C14H15N3OS. The first-order valence-corrected chi connectivity index (χ1v) is 7.15. The van der Waals surface area contributed by atoms with Gasteiger partial charge in [-0.25, -0.2) is 0 Å². The molecule has 2 aromatic rings. The SMILES string of the molecule is CSc1ccccc1CC(=O)NCc1cnccn1. The summed E-state index contributed by atoms with van der Waals surface area (Å²) in [6.07, 6.45) is 7.27. The van der Waals surface area contributed by atoms with Gasteiger partial charge in [0, 0.05) is 17.3 Å². The van der Waals surface area contributed by atoms with Gasteiger partial charge in [-0.05, 0) is 17.9 Å². The first-order valence-electron chi connectivity index (χ1n) is 5.93. The molecule has 1 aromatic heterocycles. The van der Waals surface area contributed by atoms with E-state index in [9.17, 15) is 4.79 Å². The maximum absolute atomic E-state index is 11.9. The van der Waals surface area contributed by atoms with E-state index in [-0.39, 0.29) is 5.91 Å². The van der Waals surface area contributed by atoms with Gasteiger partial charge in [0.25, 0.3) is 0 Å². The second-order valence-corrected chi connectivity index (χ2v) is 4.81. The number of nitrogens with one attached hydrogen (secondary N) is 1.